The molecule has 0 amide bonds. The summed E-state index contributed by atoms with van der Waals surface area (Å²) in [5.41, 5.74) is 3.10. The van der Waals surface area contributed by atoms with Crippen LogP contribution in [0.2, 0.25) is 0 Å². The number of aromatic carboxylic acids is 1. The van der Waals surface area contributed by atoms with Crippen LogP contribution in [0.15, 0.2) is 18.2 Å². The van der Waals surface area contributed by atoms with Crippen LogP contribution in [0.5, 0.6) is 0 Å². The molecule has 0 spiro atoms. The van der Waals surface area contributed by atoms with Gasteiger partial charge in [0, 0.05) is 18.3 Å². The molecule has 1 aromatic carbocycles. The molecule has 16 heavy (non-hydrogen) atoms. The van der Waals surface area contributed by atoms with Crippen LogP contribution in [0, 0.1) is 0 Å². The summed E-state index contributed by atoms with van der Waals surface area (Å²) < 4.78 is 0. The van der Waals surface area contributed by atoms with Crippen LogP contribution in [0.1, 0.15) is 29.8 Å². The van der Waals surface area contributed by atoms with Gasteiger partial charge in [-0.1, -0.05) is 11.5 Å². The lowest BCUT2D eigenvalue weighted by molar-refractivity contribution is 0.0698. The second-order valence-corrected chi connectivity index (χ2v) is 3.51. The van der Waals surface area contributed by atoms with Crippen molar-refractivity contribution in [1.82, 2.24) is 0 Å². The van der Waals surface area contributed by atoms with E-state index in [4.69, 9.17) is 13.0 Å². The zero-order chi connectivity index (χ0) is 12.3. The molecule has 4 heteroatoms. The van der Waals surface area contributed by atoms with Gasteiger partial charge in [0.25, 0.3) is 0 Å². The first-order chi connectivity index (χ1) is 7.51. The molecule has 2 N–H and O–H groups in total. The van der Waals surface area contributed by atoms with E-state index in [0.717, 1.165) is 16.8 Å². The van der Waals surface area contributed by atoms with E-state index in [-0.39, 0.29) is 11.0 Å². The highest BCUT2D eigenvalue weighted by molar-refractivity contribution is 6.36. The number of hydrogen-bond donors (Lipinski definition) is 2. The summed E-state index contributed by atoms with van der Waals surface area (Å²) in [6, 6.07) is 3.24. The van der Waals surface area contributed by atoms with E-state index < -0.39 is 5.97 Å². The van der Waals surface area contributed by atoms with Crippen LogP contribution >= 0.6 is 0 Å². The van der Waals surface area contributed by atoms with Gasteiger partial charge in [-0.3, -0.25) is 0 Å². The third-order valence-corrected chi connectivity index (χ3v) is 2.55. The lowest BCUT2D eigenvalue weighted by Crippen LogP contribution is -2.17. The number of hydrogen-bond acceptors (Lipinski definition) is 2. The van der Waals surface area contributed by atoms with Crippen LogP contribution in [0.4, 0.5) is 5.69 Å². The molecule has 0 aliphatic heterocycles. The minimum atomic E-state index is -1.01. The van der Waals surface area contributed by atoms with Crippen molar-refractivity contribution >= 4 is 30.5 Å². The smallest absolute Gasteiger partial charge is 0.335 e. The zero-order valence-electron chi connectivity index (χ0n) is 9.66. The monoisotopic (exact) mass is 215 g/mol. The maximum Gasteiger partial charge on any atom is 0.335 e. The molecule has 0 saturated heterocycles. The topological polar surface area (TPSA) is 49.3 Å². The van der Waals surface area contributed by atoms with Gasteiger partial charge in [0.05, 0.1) is 5.56 Å². The Morgan fingerprint density at radius 3 is 2.50 bits per heavy atom. The summed E-state index contributed by atoms with van der Waals surface area (Å²) in [4.78, 5) is 11.0. The van der Waals surface area contributed by atoms with Gasteiger partial charge < -0.3 is 10.4 Å². The number of carboxylic acids is 1. The molecule has 1 aromatic rings. The van der Waals surface area contributed by atoms with Gasteiger partial charge in [-0.05, 0) is 31.6 Å². The summed E-state index contributed by atoms with van der Waals surface area (Å²) in [7, 11) is 7.45. The number of carbonyl (C=O) groups is 1. The average Bonchev–Trinajstić information content (AvgIpc) is 2.27. The molecule has 0 aliphatic carbocycles. The minimum absolute atomic E-state index is 0.134. The zero-order valence-corrected chi connectivity index (χ0v) is 9.66. The molecule has 1 rings (SSSR count). The Hall–Kier alpha value is -1.71. The highest BCUT2D eigenvalue weighted by Gasteiger charge is 2.11. The Balaban J connectivity index is 3.46. The van der Waals surface area contributed by atoms with Gasteiger partial charge in [-0.25, -0.2) is 4.79 Å². The van der Waals surface area contributed by atoms with Gasteiger partial charge in [0.2, 0.25) is 0 Å². The van der Waals surface area contributed by atoms with Crippen molar-refractivity contribution in [1.29, 1.82) is 0 Å². The lowest BCUT2D eigenvalue weighted by Gasteiger charge is -2.13. The van der Waals surface area contributed by atoms with Gasteiger partial charge >= 0.3 is 5.97 Å². The molecule has 82 valence electrons. The summed E-state index contributed by atoms with van der Waals surface area (Å²) in [6.45, 7) is 3.84. The maximum absolute atomic E-state index is 11.0. The Morgan fingerprint density at radius 2 is 2.06 bits per heavy atom. The molecule has 0 fully saturated rings. The van der Waals surface area contributed by atoms with Crippen LogP contribution < -0.4 is 10.8 Å². The molecule has 0 heterocycles. The molecule has 0 bridgehead atoms. The lowest BCUT2D eigenvalue weighted by atomic mass is 9.87. The SMILES string of the molecule is [B]c1cc(NC)c(/C(C)=C\C)cc1C(=O)O. The Bertz CT molecular complexity index is 453. The standard InChI is InChI=1S/C12H14BNO2/c1-4-7(2)8-5-9(12(15)16)10(13)6-11(8)14-3/h4-6,14H,1-3H3,(H,15,16)/b7-4-. The summed E-state index contributed by atoms with van der Waals surface area (Å²) >= 11 is 0. The molecule has 0 atom stereocenters. The normalized spacial score (nSPS) is 11.3. The Kier molecular flexibility index (Phi) is 3.77. The van der Waals surface area contributed by atoms with E-state index in [1.807, 2.05) is 19.9 Å². The van der Waals surface area contributed by atoms with Crippen LogP contribution in [-0.2, 0) is 0 Å². The van der Waals surface area contributed by atoms with E-state index in [2.05, 4.69) is 5.32 Å². The fourth-order valence-electron chi connectivity index (χ4n) is 1.49. The predicted octanol–water partition coefficient (Wildman–Crippen LogP) is 1.64. The fraction of sp³-hybridized carbons (Fsp3) is 0.250. The molecule has 0 aromatic heterocycles. The van der Waals surface area contributed by atoms with Crippen molar-refractivity contribution in [2.24, 2.45) is 0 Å². The fourth-order valence-corrected chi connectivity index (χ4v) is 1.49. The van der Waals surface area contributed by atoms with Crippen molar-refractivity contribution in [2.45, 2.75) is 13.8 Å². The maximum atomic E-state index is 11.0. The Labute approximate surface area is 96.6 Å². The van der Waals surface area contributed by atoms with Crippen LogP contribution in [-0.4, -0.2) is 26.0 Å². The molecule has 2 radical (unpaired) electrons. The van der Waals surface area contributed by atoms with Crippen LogP contribution in [0.25, 0.3) is 5.57 Å². The highest BCUT2D eigenvalue weighted by Crippen LogP contribution is 2.23. The molecule has 3 nitrogen and oxygen atoms in total. The van der Waals surface area contributed by atoms with E-state index >= 15 is 0 Å². The molecule has 0 unspecified atom stereocenters. The van der Waals surface area contributed by atoms with Crippen molar-refractivity contribution in [2.75, 3.05) is 12.4 Å². The average molecular weight is 215 g/mol. The van der Waals surface area contributed by atoms with E-state index in [1.54, 1.807) is 19.2 Å². The first-order valence-electron chi connectivity index (χ1n) is 4.99. The number of anilines is 1. The summed E-state index contributed by atoms with van der Waals surface area (Å²) in [6.07, 6.45) is 1.93. The van der Waals surface area contributed by atoms with Crippen molar-refractivity contribution in [3.8, 4) is 0 Å². The number of nitrogens with one attached hydrogen (secondary N) is 1. The summed E-state index contributed by atoms with van der Waals surface area (Å²) in [5, 5.41) is 12.0. The Morgan fingerprint density at radius 1 is 1.44 bits per heavy atom. The first-order valence-corrected chi connectivity index (χ1v) is 4.99. The van der Waals surface area contributed by atoms with Crippen molar-refractivity contribution in [3.63, 3.8) is 0 Å². The van der Waals surface area contributed by atoms with Crippen molar-refractivity contribution < 1.29 is 9.90 Å². The van der Waals surface area contributed by atoms with Gasteiger partial charge in [0.1, 0.15) is 7.85 Å². The largest absolute Gasteiger partial charge is 0.478 e. The minimum Gasteiger partial charge on any atom is -0.478 e. The van der Waals surface area contributed by atoms with E-state index in [1.165, 1.54) is 0 Å². The van der Waals surface area contributed by atoms with Crippen LogP contribution in [0.3, 0.4) is 0 Å². The second-order valence-electron chi connectivity index (χ2n) is 3.51. The molecule has 0 saturated carbocycles. The third kappa shape index (κ3) is 2.27. The molecular formula is C12H14BNO2. The van der Waals surface area contributed by atoms with Crippen molar-refractivity contribution in [3.05, 3.63) is 29.3 Å². The number of carboxylic acid groups (broad SMARTS) is 1. The van der Waals surface area contributed by atoms with Gasteiger partial charge in [-0.2, -0.15) is 0 Å². The highest BCUT2D eigenvalue weighted by atomic mass is 16.4. The second kappa shape index (κ2) is 4.88. The molecular weight excluding hydrogens is 201 g/mol. The molecule has 0 aliphatic rings. The van der Waals surface area contributed by atoms with E-state index in [0.29, 0.717) is 0 Å². The number of rotatable bonds is 3. The quantitative estimate of drug-likeness (QED) is 0.753. The number of benzene rings is 1. The third-order valence-electron chi connectivity index (χ3n) is 2.55. The predicted molar refractivity (Wildman–Crippen MR) is 67.7 cm³/mol. The summed E-state index contributed by atoms with van der Waals surface area (Å²) in [5.74, 6) is -1.01. The van der Waals surface area contributed by atoms with Gasteiger partial charge in [-0.15, -0.1) is 0 Å². The first kappa shape index (κ1) is 12.4. The number of allylic oxidation sites excluding steroid dienone is 2. The van der Waals surface area contributed by atoms with E-state index in [9.17, 15) is 4.79 Å². The van der Waals surface area contributed by atoms with Gasteiger partial charge in [0.15, 0.2) is 0 Å².